The van der Waals surface area contributed by atoms with E-state index in [1.165, 1.54) is 0 Å². The molecule has 0 bridgehead atoms. The van der Waals surface area contributed by atoms with Crippen LogP contribution in [0.1, 0.15) is 0 Å². The number of carbonyl (C=O) groups is 1. The van der Waals surface area contributed by atoms with Crippen LogP contribution in [-0.4, -0.2) is 36.7 Å². The Kier molecular flexibility index (Phi) is 1.29. The molecule has 4 atom stereocenters. The summed E-state index contributed by atoms with van der Waals surface area (Å²) in [7, 11) is 1.80. The van der Waals surface area contributed by atoms with Crippen LogP contribution in [0.5, 0.6) is 0 Å². The van der Waals surface area contributed by atoms with Gasteiger partial charge in [0.15, 0.2) is 5.60 Å². The zero-order chi connectivity index (χ0) is 11.0. The van der Waals surface area contributed by atoms with Crippen molar-refractivity contribution in [3.63, 3.8) is 0 Å². The number of fused-ring (bicyclic) bond motifs is 1. The number of ether oxygens (including phenoxy) is 2. The number of hydrogen-bond donors (Lipinski definition) is 0. The molecule has 4 rings (SSSR count). The predicted octanol–water partition coefficient (Wildman–Crippen LogP) is 0.517. The van der Waals surface area contributed by atoms with Gasteiger partial charge < -0.3 is 14.4 Å². The first-order valence-corrected chi connectivity index (χ1v) is 5.60. The Bertz CT molecular complexity index is 444. The van der Waals surface area contributed by atoms with E-state index in [9.17, 15) is 4.79 Å². The van der Waals surface area contributed by atoms with Gasteiger partial charge in [0.05, 0.1) is 19.5 Å². The third-order valence-corrected chi connectivity index (χ3v) is 4.68. The van der Waals surface area contributed by atoms with Crippen molar-refractivity contribution in [2.24, 2.45) is 17.3 Å². The average Bonchev–Trinajstić information content (AvgIpc) is 2.79. The lowest BCUT2D eigenvalue weighted by Crippen LogP contribution is -2.74. The molecule has 4 aliphatic rings. The molecule has 1 saturated carbocycles. The predicted molar refractivity (Wildman–Crippen MR) is 55.1 cm³/mol. The molecule has 16 heavy (non-hydrogen) atoms. The minimum absolute atomic E-state index is 0.137. The van der Waals surface area contributed by atoms with Crippen LogP contribution in [0.4, 0.5) is 0 Å². The molecule has 0 unspecified atom stereocenters. The lowest BCUT2D eigenvalue weighted by atomic mass is 9.44. The Morgan fingerprint density at radius 3 is 3.12 bits per heavy atom. The smallest absolute Gasteiger partial charge is 0.239 e. The lowest BCUT2D eigenvalue weighted by molar-refractivity contribution is -0.204. The van der Waals surface area contributed by atoms with Crippen molar-refractivity contribution >= 4 is 5.91 Å². The highest BCUT2D eigenvalue weighted by Gasteiger charge is 2.81. The maximum absolute atomic E-state index is 12.4. The number of rotatable bonds is 0. The van der Waals surface area contributed by atoms with Crippen LogP contribution in [0.15, 0.2) is 24.6 Å². The van der Waals surface area contributed by atoms with Gasteiger partial charge >= 0.3 is 0 Å². The first kappa shape index (κ1) is 8.82. The topological polar surface area (TPSA) is 38.8 Å². The van der Waals surface area contributed by atoms with Crippen LogP contribution in [0, 0.1) is 17.3 Å². The van der Waals surface area contributed by atoms with Crippen LogP contribution >= 0.6 is 0 Å². The Hall–Kier alpha value is -1.29. The normalized spacial score (nSPS) is 51.8. The summed E-state index contributed by atoms with van der Waals surface area (Å²) in [6, 6.07) is 0. The number of carbonyl (C=O) groups excluding carboxylic acids is 1. The van der Waals surface area contributed by atoms with Crippen molar-refractivity contribution < 1.29 is 14.3 Å². The molecule has 3 aliphatic heterocycles. The van der Waals surface area contributed by atoms with Gasteiger partial charge in [-0.1, -0.05) is 6.08 Å². The number of amides is 1. The second-order valence-electron chi connectivity index (χ2n) is 5.11. The summed E-state index contributed by atoms with van der Waals surface area (Å²) in [5.74, 6) is 0.693. The zero-order valence-electron chi connectivity index (χ0n) is 9.05. The highest BCUT2D eigenvalue weighted by molar-refractivity contribution is 5.89. The van der Waals surface area contributed by atoms with E-state index in [1.54, 1.807) is 18.2 Å². The van der Waals surface area contributed by atoms with Crippen LogP contribution < -0.4 is 0 Å². The molecule has 0 aromatic carbocycles. The standard InChI is InChI=1S/C12H13NO3/c1-13-4-2-8-9-3-5-16-12(9)7-15-6-11(8,12)10(13)14/h2-5,8-9H,6-7H2,1H3/t8-,9+,11+,12+/m1/s1. The van der Waals surface area contributed by atoms with E-state index in [0.717, 1.165) is 0 Å². The summed E-state index contributed by atoms with van der Waals surface area (Å²) in [6.07, 6.45) is 7.80. The van der Waals surface area contributed by atoms with E-state index in [0.29, 0.717) is 19.1 Å². The first-order valence-electron chi connectivity index (χ1n) is 5.60. The fraction of sp³-hybridized carbons (Fsp3) is 0.583. The summed E-state index contributed by atoms with van der Waals surface area (Å²) in [5.41, 5.74) is -0.877. The molecule has 0 radical (unpaired) electrons. The highest BCUT2D eigenvalue weighted by Crippen LogP contribution is 2.68. The van der Waals surface area contributed by atoms with E-state index >= 15 is 0 Å². The number of allylic oxidation sites excluding steroid dienone is 1. The van der Waals surface area contributed by atoms with Crippen molar-refractivity contribution in [1.29, 1.82) is 0 Å². The fourth-order valence-electron chi connectivity index (χ4n) is 3.90. The molecule has 2 fully saturated rings. The molecule has 4 nitrogen and oxygen atoms in total. The average molecular weight is 219 g/mol. The van der Waals surface area contributed by atoms with Crippen LogP contribution in [0.2, 0.25) is 0 Å². The Balaban J connectivity index is 1.91. The highest BCUT2D eigenvalue weighted by atomic mass is 16.6. The van der Waals surface area contributed by atoms with E-state index in [2.05, 4.69) is 12.2 Å². The molecule has 2 spiro atoms. The second kappa shape index (κ2) is 2.35. The van der Waals surface area contributed by atoms with Gasteiger partial charge in [0.25, 0.3) is 0 Å². The van der Waals surface area contributed by atoms with Crippen molar-refractivity contribution in [3.8, 4) is 0 Å². The third kappa shape index (κ3) is 0.604. The Morgan fingerprint density at radius 1 is 1.38 bits per heavy atom. The van der Waals surface area contributed by atoms with Crippen LogP contribution in [0.3, 0.4) is 0 Å². The van der Waals surface area contributed by atoms with Crippen molar-refractivity contribution in [2.75, 3.05) is 20.3 Å². The first-order chi connectivity index (χ1) is 7.72. The van der Waals surface area contributed by atoms with Gasteiger partial charge in [-0.2, -0.15) is 0 Å². The van der Waals surface area contributed by atoms with Gasteiger partial charge in [-0.15, -0.1) is 0 Å². The molecular weight excluding hydrogens is 206 g/mol. The molecule has 4 heteroatoms. The van der Waals surface area contributed by atoms with Gasteiger partial charge in [-0.3, -0.25) is 4.79 Å². The maximum atomic E-state index is 12.4. The summed E-state index contributed by atoms with van der Waals surface area (Å²) < 4.78 is 11.3. The minimum Gasteiger partial charge on any atom is -0.491 e. The lowest BCUT2D eigenvalue weighted by Gasteiger charge is -2.60. The van der Waals surface area contributed by atoms with E-state index in [-0.39, 0.29) is 11.8 Å². The zero-order valence-corrected chi connectivity index (χ0v) is 9.05. The Morgan fingerprint density at radius 2 is 2.25 bits per heavy atom. The van der Waals surface area contributed by atoms with Crippen molar-refractivity contribution in [2.45, 2.75) is 5.60 Å². The minimum atomic E-state index is -0.468. The summed E-state index contributed by atoms with van der Waals surface area (Å²) >= 11 is 0. The van der Waals surface area contributed by atoms with Gasteiger partial charge in [0.2, 0.25) is 5.91 Å². The monoisotopic (exact) mass is 219 g/mol. The molecular formula is C12H13NO3. The Labute approximate surface area is 93.5 Å². The molecule has 1 amide bonds. The van der Waals surface area contributed by atoms with Crippen molar-refractivity contribution in [3.05, 3.63) is 24.6 Å². The van der Waals surface area contributed by atoms with Gasteiger partial charge in [0.1, 0.15) is 5.41 Å². The summed E-state index contributed by atoms with van der Waals surface area (Å²) in [4.78, 5) is 14.1. The number of hydrogen-bond acceptors (Lipinski definition) is 3. The van der Waals surface area contributed by atoms with Crippen LogP contribution in [-0.2, 0) is 14.3 Å². The van der Waals surface area contributed by atoms with Gasteiger partial charge in [0, 0.05) is 25.1 Å². The molecule has 84 valence electrons. The second-order valence-corrected chi connectivity index (χ2v) is 5.11. The quantitative estimate of drug-likeness (QED) is 0.596. The SMILES string of the molecule is CN1C=C[C@@H]2[C@@H]3C=CO[C@@]34COC[C@@]24C1=O. The van der Waals surface area contributed by atoms with Gasteiger partial charge in [-0.25, -0.2) is 0 Å². The maximum Gasteiger partial charge on any atom is 0.239 e. The third-order valence-electron chi connectivity index (χ3n) is 4.68. The molecule has 0 aromatic heterocycles. The summed E-state index contributed by atoms with van der Waals surface area (Å²) in [5, 5.41) is 0. The van der Waals surface area contributed by atoms with E-state index in [1.807, 2.05) is 6.20 Å². The fourth-order valence-corrected chi connectivity index (χ4v) is 3.90. The number of nitrogens with zero attached hydrogens (tertiary/aromatic N) is 1. The molecule has 0 aromatic rings. The van der Waals surface area contributed by atoms with Crippen molar-refractivity contribution in [1.82, 2.24) is 4.90 Å². The molecule has 1 saturated heterocycles. The van der Waals surface area contributed by atoms with Gasteiger partial charge in [-0.05, 0) is 6.08 Å². The van der Waals surface area contributed by atoms with E-state index in [4.69, 9.17) is 9.47 Å². The summed E-state index contributed by atoms with van der Waals surface area (Å²) in [6.45, 7) is 1.03. The molecule has 1 aliphatic carbocycles. The van der Waals surface area contributed by atoms with E-state index < -0.39 is 11.0 Å². The largest absolute Gasteiger partial charge is 0.491 e. The van der Waals surface area contributed by atoms with Crippen LogP contribution in [0.25, 0.3) is 0 Å². The molecule has 3 heterocycles. The molecule has 0 N–H and O–H groups in total.